The minimum atomic E-state index is 0.489. The van der Waals surface area contributed by atoms with Crippen molar-refractivity contribution in [2.45, 2.75) is 13.8 Å². The Balaban J connectivity index is 1.79. The number of ether oxygens (including phenoxy) is 1. The normalized spacial score (nSPS) is 11.4. The Labute approximate surface area is 158 Å². The van der Waals surface area contributed by atoms with Crippen LogP contribution in [0.15, 0.2) is 60.0 Å². The van der Waals surface area contributed by atoms with Crippen molar-refractivity contribution in [1.82, 2.24) is 4.98 Å². The maximum Gasteiger partial charge on any atom is 0.134 e. The van der Waals surface area contributed by atoms with Crippen molar-refractivity contribution in [2.24, 2.45) is 5.92 Å². The Hall–Kier alpha value is -2.90. The van der Waals surface area contributed by atoms with Gasteiger partial charge in [-0.15, -0.1) is 11.3 Å². The van der Waals surface area contributed by atoms with Gasteiger partial charge < -0.3 is 4.74 Å². The SMILES string of the molecule is CC(C)COc1ccc(/C=C(/C#N)c2nc(-c3ccccc3)cs2)cc1. The molecule has 0 spiro atoms. The fourth-order valence-electron chi connectivity index (χ4n) is 2.37. The van der Waals surface area contributed by atoms with Crippen LogP contribution in [0.5, 0.6) is 5.75 Å². The summed E-state index contributed by atoms with van der Waals surface area (Å²) in [6.07, 6.45) is 1.86. The predicted octanol–water partition coefficient (Wildman–Crippen LogP) is 5.91. The molecule has 0 aliphatic carbocycles. The molecule has 0 radical (unpaired) electrons. The fraction of sp³-hybridized carbons (Fsp3) is 0.182. The first-order valence-electron chi connectivity index (χ1n) is 8.51. The van der Waals surface area contributed by atoms with E-state index in [0.29, 0.717) is 18.1 Å². The van der Waals surface area contributed by atoms with Gasteiger partial charge in [0.05, 0.1) is 17.9 Å². The average molecular weight is 360 g/mol. The molecule has 0 saturated carbocycles. The van der Waals surface area contributed by atoms with Crippen LogP contribution in [-0.4, -0.2) is 11.6 Å². The molecule has 1 aromatic heterocycles. The van der Waals surface area contributed by atoms with E-state index in [4.69, 9.17) is 4.74 Å². The first-order valence-corrected chi connectivity index (χ1v) is 9.39. The maximum absolute atomic E-state index is 9.54. The van der Waals surface area contributed by atoms with Gasteiger partial charge in [-0.1, -0.05) is 56.3 Å². The summed E-state index contributed by atoms with van der Waals surface area (Å²) < 4.78 is 5.69. The summed E-state index contributed by atoms with van der Waals surface area (Å²) in [4.78, 5) is 4.62. The van der Waals surface area contributed by atoms with Gasteiger partial charge in [0, 0.05) is 10.9 Å². The van der Waals surface area contributed by atoms with Crippen LogP contribution in [0.3, 0.4) is 0 Å². The highest BCUT2D eigenvalue weighted by Crippen LogP contribution is 2.27. The van der Waals surface area contributed by atoms with Crippen LogP contribution in [0.25, 0.3) is 22.9 Å². The van der Waals surface area contributed by atoms with Crippen LogP contribution in [0.4, 0.5) is 0 Å². The smallest absolute Gasteiger partial charge is 0.134 e. The second-order valence-corrected chi connectivity index (χ2v) is 7.21. The number of hydrogen-bond donors (Lipinski definition) is 0. The summed E-state index contributed by atoms with van der Waals surface area (Å²) in [5.41, 5.74) is 3.46. The molecular formula is C22H20N2OS. The van der Waals surface area contributed by atoms with Crippen molar-refractivity contribution in [2.75, 3.05) is 6.61 Å². The van der Waals surface area contributed by atoms with Gasteiger partial charge in [-0.2, -0.15) is 5.26 Å². The molecule has 0 saturated heterocycles. The molecule has 4 heteroatoms. The molecule has 0 atom stereocenters. The van der Waals surface area contributed by atoms with E-state index in [2.05, 4.69) is 24.9 Å². The van der Waals surface area contributed by atoms with E-state index in [1.54, 1.807) is 0 Å². The Morgan fingerprint density at radius 2 is 1.88 bits per heavy atom. The van der Waals surface area contributed by atoms with Gasteiger partial charge >= 0.3 is 0 Å². The number of nitriles is 1. The van der Waals surface area contributed by atoms with Crippen LogP contribution in [0.1, 0.15) is 24.4 Å². The van der Waals surface area contributed by atoms with E-state index in [1.165, 1.54) is 11.3 Å². The van der Waals surface area contributed by atoms with Gasteiger partial charge in [0.15, 0.2) is 0 Å². The van der Waals surface area contributed by atoms with Crippen molar-refractivity contribution >= 4 is 23.0 Å². The van der Waals surface area contributed by atoms with E-state index in [-0.39, 0.29) is 0 Å². The second-order valence-electron chi connectivity index (χ2n) is 6.35. The highest BCUT2D eigenvalue weighted by molar-refractivity contribution is 7.11. The van der Waals surface area contributed by atoms with E-state index >= 15 is 0 Å². The molecule has 3 aromatic rings. The van der Waals surface area contributed by atoms with Gasteiger partial charge in [-0.25, -0.2) is 4.98 Å². The summed E-state index contributed by atoms with van der Waals surface area (Å²) >= 11 is 1.48. The number of nitrogens with zero attached hydrogens (tertiary/aromatic N) is 2. The molecule has 0 unspecified atom stereocenters. The quantitative estimate of drug-likeness (QED) is 0.513. The topological polar surface area (TPSA) is 45.9 Å². The molecule has 0 fully saturated rings. The monoisotopic (exact) mass is 360 g/mol. The second kappa shape index (κ2) is 8.46. The zero-order valence-electron chi connectivity index (χ0n) is 14.8. The minimum Gasteiger partial charge on any atom is -0.493 e. The molecule has 3 nitrogen and oxygen atoms in total. The summed E-state index contributed by atoms with van der Waals surface area (Å²) in [6.45, 7) is 4.93. The molecule has 1 heterocycles. The van der Waals surface area contributed by atoms with Crippen molar-refractivity contribution in [3.05, 3.63) is 70.5 Å². The third-order valence-corrected chi connectivity index (χ3v) is 4.57. The molecule has 26 heavy (non-hydrogen) atoms. The van der Waals surface area contributed by atoms with Gasteiger partial charge in [0.1, 0.15) is 16.8 Å². The maximum atomic E-state index is 9.54. The molecule has 0 amide bonds. The zero-order valence-corrected chi connectivity index (χ0v) is 15.7. The highest BCUT2D eigenvalue weighted by atomic mass is 32.1. The minimum absolute atomic E-state index is 0.489. The third-order valence-electron chi connectivity index (χ3n) is 3.70. The first kappa shape index (κ1) is 17.9. The summed E-state index contributed by atoms with van der Waals surface area (Å²) in [6, 6.07) is 20.0. The highest BCUT2D eigenvalue weighted by Gasteiger charge is 2.09. The molecule has 2 aromatic carbocycles. The van der Waals surface area contributed by atoms with E-state index in [0.717, 1.165) is 27.6 Å². The molecule has 0 aliphatic heterocycles. The third kappa shape index (κ3) is 4.59. The van der Waals surface area contributed by atoms with E-state index in [1.807, 2.05) is 66.1 Å². The molecule has 0 aliphatic rings. The van der Waals surface area contributed by atoms with Gasteiger partial charge in [0.25, 0.3) is 0 Å². The van der Waals surface area contributed by atoms with Crippen LogP contribution in [0, 0.1) is 17.2 Å². The van der Waals surface area contributed by atoms with Crippen LogP contribution in [0.2, 0.25) is 0 Å². The number of thiazole rings is 1. The molecule has 0 bridgehead atoms. The standard InChI is InChI=1S/C22H20N2OS/c1-16(2)14-25-20-10-8-17(9-11-20)12-19(13-23)22-24-21(15-26-22)18-6-4-3-5-7-18/h3-12,15-16H,14H2,1-2H3/b19-12-. The van der Waals surface area contributed by atoms with Crippen LogP contribution >= 0.6 is 11.3 Å². The molecule has 0 N–H and O–H groups in total. The average Bonchev–Trinajstić information content (AvgIpc) is 3.16. The van der Waals surface area contributed by atoms with Gasteiger partial charge in [0.2, 0.25) is 0 Å². The first-order chi connectivity index (χ1) is 12.7. The lowest BCUT2D eigenvalue weighted by Gasteiger charge is -2.08. The van der Waals surface area contributed by atoms with Crippen LogP contribution in [-0.2, 0) is 0 Å². The number of allylic oxidation sites excluding steroid dienone is 1. The van der Waals surface area contributed by atoms with Gasteiger partial charge in [-0.3, -0.25) is 0 Å². The lowest BCUT2D eigenvalue weighted by molar-refractivity contribution is 0.271. The molecule has 130 valence electrons. The van der Waals surface area contributed by atoms with Crippen molar-refractivity contribution < 1.29 is 4.74 Å². The largest absolute Gasteiger partial charge is 0.493 e. The lowest BCUT2D eigenvalue weighted by atomic mass is 10.1. The molecule has 3 rings (SSSR count). The van der Waals surface area contributed by atoms with Crippen molar-refractivity contribution in [3.8, 4) is 23.1 Å². The van der Waals surface area contributed by atoms with E-state index < -0.39 is 0 Å². The summed E-state index contributed by atoms with van der Waals surface area (Å²) in [7, 11) is 0. The number of benzene rings is 2. The number of aromatic nitrogens is 1. The van der Waals surface area contributed by atoms with Crippen molar-refractivity contribution in [1.29, 1.82) is 5.26 Å². The Morgan fingerprint density at radius 3 is 2.54 bits per heavy atom. The summed E-state index contributed by atoms with van der Waals surface area (Å²) in [5.74, 6) is 1.33. The zero-order chi connectivity index (χ0) is 18.4. The number of rotatable bonds is 6. The van der Waals surface area contributed by atoms with Gasteiger partial charge in [-0.05, 0) is 29.7 Å². The predicted molar refractivity (Wildman–Crippen MR) is 108 cm³/mol. The Bertz CT molecular complexity index is 919. The Morgan fingerprint density at radius 1 is 1.15 bits per heavy atom. The number of hydrogen-bond acceptors (Lipinski definition) is 4. The Kier molecular flexibility index (Phi) is 5.83. The molecular weight excluding hydrogens is 340 g/mol. The van der Waals surface area contributed by atoms with Crippen LogP contribution < -0.4 is 4.74 Å². The van der Waals surface area contributed by atoms with Crippen molar-refractivity contribution in [3.63, 3.8) is 0 Å². The summed E-state index contributed by atoms with van der Waals surface area (Å²) in [5, 5.41) is 12.3. The lowest BCUT2D eigenvalue weighted by Crippen LogP contribution is -2.04. The van der Waals surface area contributed by atoms with E-state index in [9.17, 15) is 5.26 Å². The fourth-order valence-corrected chi connectivity index (χ4v) is 3.17.